The molecule has 2 aromatic carbocycles. The number of thioether (sulfide) groups is 1. The summed E-state index contributed by atoms with van der Waals surface area (Å²) in [7, 11) is 0. The van der Waals surface area contributed by atoms with Gasteiger partial charge < -0.3 is 20.5 Å². The lowest BCUT2D eigenvalue weighted by Gasteiger charge is -2.21. The lowest BCUT2D eigenvalue weighted by atomic mass is 9.98. The van der Waals surface area contributed by atoms with Crippen LogP contribution >= 0.6 is 11.8 Å². The number of amides is 2. The predicted octanol–water partition coefficient (Wildman–Crippen LogP) is 4.02. The molecule has 0 saturated carbocycles. The van der Waals surface area contributed by atoms with Gasteiger partial charge in [0.15, 0.2) is 0 Å². The Balaban J connectivity index is 1.65. The van der Waals surface area contributed by atoms with Gasteiger partial charge >= 0.3 is 12.1 Å². The van der Waals surface area contributed by atoms with Crippen molar-refractivity contribution in [3.05, 3.63) is 59.7 Å². The quantitative estimate of drug-likeness (QED) is 0.458. The molecule has 0 aliphatic heterocycles. The van der Waals surface area contributed by atoms with Gasteiger partial charge in [0.2, 0.25) is 5.91 Å². The summed E-state index contributed by atoms with van der Waals surface area (Å²) in [5.41, 5.74) is 4.48. The Kier molecular flexibility index (Phi) is 8.77. The highest BCUT2D eigenvalue weighted by molar-refractivity contribution is 7.98. The van der Waals surface area contributed by atoms with Crippen molar-refractivity contribution >= 4 is 29.7 Å². The SMILES string of the molecule is CCC[C@@H](NC(=O)[C@H](CCSC)NC(=O)OCC1c2ccccc2-c2ccccc21)C(=O)O. The molecule has 2 aromatic rings. The predicted molar refractivity (Wildman–Crippen MR) is 129 cm³/mol. The number of alkyl carbamates (subject to hydrolysis) is 1. The number of carbonyl (C=O) groups is 3. The minimum absolute atomic E-state index is 0.0810. The lowest BCUT2D eigenvalue weighted by molar-refractivity contribution is -0.142. The molecule has 2 amide bonds. The summed E-state index contributed by atoms with van der Waals surface area (Å²) in [4.78, 5) is 36.7. The lowest BCUT2D eigenvalue weighted by Crippen LogP contribution is -2.52. The third-order valence-corrected chi connectivity index (χ3v) is 6.40. The monoisotopic (exact) mass is 470 g/mol. The van der Waals surface area contributed by atoms with Crippen molar-refractivity contribution in [3.8, 4) is 11.1 Å². The van der Waals surface area contributed by atoms with Crippen LogP contribution in [0.15, 0.2) is 48.5 Å². The normalized spacial score (nSPS) is 14.0. The van der Waals surface area contributed by atoms with E-state index in [0.29, 0.717) is 25.0 Å². The summed E-state index contributed by atoms with van der Waals surface area (Å²) < 4.78 is 5.55. The zero-order chi connectivity index (χ0) is 23.8. The first-order valence-corrected chi connectivity index (χ1v) is 12.5. The van der Waals surface area contributed by atoms with Crippen molar-refractivity contribution in [1.29, 1.82) is 0 Å². The van der Waals surface area contributed by atoms with Crippen LogP contribution in [0.4, 0.5) is 4.79 Å². The van der Waals surface area contributed by atoms with Gasteiger partial charge in [0.05, 0.1) is 0 Å². The van der Waals surface area contributed by atoms with E-state index in [1.54, 1.807) is 0 Å². The second-order valence-corrected chi connectivity index (χ2v) is 8.98. The molecule has 7 nitrogen and oxygen atoms in total. The van der Waals surface area contributed by atoms with Gasteiger partial charge in [-0.05, 0) is 47.1 Å². The van der Waals surface area contributed by atoms with Gasteiger partial charge in [-0.15, -0.1) is 0 Å². The molecule has 3 rings (SSSR count). The van der Waals surface area contributed by atoms with E-state index in [1.165, 1.54) is 11.8 Å². The third kappa shape index (κ3) is 6.07. The van der Waals surface area contributed by atoms with Crippen LogP contribution in [0.25, 0.3) is 11.1 Å². The van der Waals surface area contributed by atoms with E-state index in [9.17, 15) is 19.5 Å². The van der Waals surface area contributed by atoms with Crippen LogP contribution in [-0.2, 0) is 14.3 Å². The second kappa shape index (κ2) is 11.7. The maximum atomic E-state index is 12.7. The highest BCUT2D eigenvalue weighted by Crippen LogP contribution is 2.44. The largest absolute Gasteiger partial charge is 0.480 e. The van der Waals surface area contributed by atoms with E-state index in [-0.39, 0.29) is 12.5 Å². The molecule has 3 N–H and O–H groups in total. The van der Waals surface area contributed by atoms with Crippen LogP contribution in [0.3, 0.4) is 0 Å². The van der Waals surface area contributed by atoms with E-state index in [1.807, 2.05) is 49.6 Å². The smallest absolute Gasteiger partial charge is 0.407 e. The molecule has 0 heterocycles. The number of rotatable bonds is 11. The fraction of sp³-hybridized carbons (Fsp3) is 0.400. The summed E-state index contributed by atoms with van der Waals surface area (Å²) >= 11 is 1.54. The van der Waals surface area contributed by atoms with Crippen molar-refractivity contribution in [2.75, 3.05) is 18.6 Å². The Morgan fingerprint density at radius 1 is 0.970 bits per heavy atom. The summed E-state index contributed by atoms with van der Waals surface area (Å²) in [5.74, 6) is -1.05. The molecule has 0 fully saturated rings. The van der Waals surface area contributed by atoms with Crippen LogP contribution in [-0.4, -0.2) is 53.8 Å². The fourth-order valence-corrected chi connectivity index (χ4v) is 4.58. The molecule has 0 saturated heterocycles. The molecule has 0 aromatic heterocycles. The molecule has 1 aliphatic carbocycles. The maximum absolute atomic E-state index is 12.7. The average Bonchev–Trinajstić information content (AvgIpc) is 3.13. The maximum Gasteiger partial charge on any atom is 0.407 e. The number of carboxylic acid groups (broad SMARTS) is 1. The molecule has 1 aliphatic rings. The Morgan fingerprint density at radius 2 is 1.58 bits per heavy atom. The molecular weight excluding hydrogens is 440 g/mol. The van der Waals surface area contributed by atoms with Gasteiger partial charge in [0.1, 0.15) is 18.7 Å². The average molecular weight is 471 g/mol. The van der Waals surface area contributed by atoms with E-state index in [2.05, 4.69) is 22.8 Å². The molecule has 2 atom stereocenters. The Bertz CT molecular complexity index is 951. The molecule has 0 bridgehead atoms. The van der Waals surface area contributed by atoms with Gasteiger partial charge in [-0.1, -0.05) is 61.9 Å². The summed E-state index contributed by atoms with van der Waals surface area (Å²) in [6.07, 6.45) is 2.52. The molecule has 0 spiro atoms. The molecule has 0 unspecified atom stereocenters. The van der Waals surface area contributed by atoms with Gasteiger partial charge in [-0.3, -0.25) is 4.79 Å². The van der Waals surface area contributed by atoms with Crippen LogP contribution in [0, 0.1) is 0 Å². The third-order valence-electron chi connectivity index (χ3n) is 5.75. The number of benzene rings is 2. The zero-order valence-electron chi connectivity index (χ0n) is 18.9. The summed E-state index contributed by atoms with van der Waals surface area (Å²) in [5, 5.41) is 14.5. The zero-order valence-corrected chi connectivity index (χ0v) is 19.7. The van der Waals surface area contributed by atoms with Crippen molar-refractivity contribution in [1.82, 2.24) is 10.6 Å². The summed E-state index contributed by atoms with van der Waals surface area (Å²) in [6.45, 7) is 1.99. The molecular formula is C25H30N2O5S. The molecule has 33 heavy (non-hydrogen) atoms. The van der Waals surface area contributed by atoms with E-state index >= 15 is 0 Å². The topological polar surface area (TPSA) is 105 Å². The number of hydrogen-bond acceptors (Lipinski definition) is 5. The van der Waals surface area contributed by atoms with E-state index in [0.717, 1.165) is 22.3 Å². The van der Waals surface area contributed by atoms with Crippen LogP contribution < -0.4 is 10.6 Å². The van der Waals surface area contributed by atoms with Crippen molar-refractivity contribution in [3.63, 3.8) is 0 Å². The highest BCUT2D eigenvalue weighted by Gasteiger charge is 2.30. The van der Waals surface area contributed by atoms with Crippen LogP contribution in [0.5, 0.6) is 0 Å². The van der Waals surface area contributed by atoms with Gasteiger partial charge in [-0.25, -0.2) is 9.59 Å². The van der Waals surface area contributed by atoms with Crippen LogP contribution in [0.2, 0.25) is 0 Å². The minimum atomic E-state index is -1.09. The highest BCUT2D eigenvalue weighted by atomic mass is 32.2. The van der Waals surface area contributed by atoms with E-state index < -0.39 is 30.1 Å². The number of carbonyl (C=O) groups excluding carboxylic acids is 2. The molecule has 0 radical (unpaired) electrons. The standard InChI is InChI=1S/C25H30N2O5S/c1-3-8-22(24(29)30)26-23(28)21(13-14-33-2)27-25(31)32-15-20-18-11-6-4-9-16(18)17-10-5-7-12-19(17)20/h4-7,9-12,20-22H,3,8,13-15H2,1-2H3,(H,26,28)(H,27,31)(H,29,30)/t21-,22+/m0/s1. The van der Waals surface area contributed by atoms with E-state index in [4.69, 9.17) is 4.74 Å². The number of ether oxygens (including phenoxy) is 1. The number of nitrogens with one attached hydrogen (secondary N) is 2. The number of fused-ring (bicyclic) bond motifs is 3. The van der Waals surface area contributed by atoms with Crippen molar-refractivity contribution in [2.24, 2.45) is 0 Å². The fourth-order valence-electron chi connectivity index (χ4n) is 4.11. The first-order chi connectivity index (χ1) is 16.0. The van der Waals surface area contributed by atoms with Gasteiger partial charge in [-0.2, -0.15) is 11.8 Å². The molecule has 8 heteroatoms. The Hall–Kier alpha value is -3.00. The first kappa shape index (κ1) is 24.6. The Labute approximate surface area is 198 Å². The van der Waals surface area contributed by atoms with Crippen molar-refractivity contribution in [2.45, 2.75) is 44.2 Å². The number of hydrogen-bond donors (Lipinski definition) is 3. The van der Waals surface area contributed by atoms with Gasteiger partial charge in [0, 0.05) is 5.92 Å². The Morgan fingerprint density at radius 3 is 2.12 bits per heavy atom. The first-order valence-electron chi connectivity index (χ1n) is 11.1. The van der Waals surface area contributed by atoms with Crippen LogP contribution in [0.1, 0.15) is 43.2 Å². The summed E-state index contributed by atoms with van der Waals surface area (Å²) in [6, 6.07) is 14.3. The molecule has 176 valence electrons. The van der Waals surface area contributed by atoms with Crippen molar-refractivity contribution < 1.29 is 24.2 Å². The minimum Gasteiger partial charge on any atom is -0.480 e. The number of carboxylic acids is 1. The number of aliphatic carboxylic acids is 1. The van der Waals surface area contributed by atoms with Gasteiger partial charge in [0.25, 0.3) is 0 Å². The second-order valence-electron chi connectivity index (χ2n) is 7.99.